The molecule has 1 aliphatic carbocycles. The van der Waals surface area contributed by atoms with Crippen molar-refractivity contribution in [3.05, 3.63) is 23.4 Å². The first-order valence-electron chi connectivity index (χ1n) is 12.1. The highest BCUT2D eigenvalue weighted by atomic mass is 32.2. The van der Waals surface area contributed by atoms with Crippen molar-refractivity contribution in [1.29, 1.82) is 0 Å². The average Bonchev–Trinajstić information content (AvgIpc) is 3.43. The molecule has 2 fully saturated rings. The standard InChI is InChI=1S/C24H39N7S/c1-7-19-27-28-22(29(19)6)32-16-8-11-30-12-14-31(15-13-30)20-17-18(24(5)9-10-24)25-21(26-20)23(2,3)4/h17H,7-16H2,1-6H3. The quantitative estimate of drug-likeness (QED) is 0.441. The highest BCUT2D eigenvalue weighted by Gasteiger charge is 2.41. The van der Waals surface area contributed by atoms with Crippen LogP contribution in [0.5, 0.6) is 0 Å². The summed E-state index contributed by atoms with van der Waals surface area (Å²) in [7, 11) is 2.06. The van der Waals surface area contributed by atoms with Crippen molar-refractivity contribution in [3.8, 4) is 0 Å². The first-order chi connectivity index (χ1) is 15.2. The van der Waals surface area contributed by atoms with Crippen molar-refractivity contribution in [1.82, 2.24) is 29.6 Å². The summed E-state index contributed by atoms with van der Waals surface area (Å²) >= 11 is 1.82. The van der Waals surface area contributed by atoms with E-state index >= 15 is 0 Å². The number of hydrogen-bond donors (Lipinski definition) is 0. The average molecular weight is 458 g/mol. The van der Waals surface area contributed by atoms with Gasteiger partial charge in [-0.15, -0.1) is 10.2 Å². The minimum Gasteiger partial charge on any atom is -0.354 e. The molecule has 3 heterocycles. The summed E-state index contributed by atoms with van der Waals surface area (Å²) in [5.74, 6) is 4.24. The Kier molecular flexibility index (Phi) is 6.82. The van der Waals surface area contributed by atoms with Gasteiger partial charge in [0.05, 0.1) is 5.69 Å². The van der Waals surface area contributed by atoms with Crippen molar-refractivity contribution in [2.75, 3.05) is 43.4 Å². The largest absolute Gasteiger partial charge is 0.354 e. The summed E-state index contributed by atoms with van der Waals surface area (Å²) < 4.78 is 2.12. The van der Waals surface area contributed by atoms with Crippen LogP contribution in [-0.2, 0) is 24.3 Å². The summed E-state index contributed by atoms with van der Waals surface area (Å²) in [6.45, 7) is 16.5. The van der Waals surface area contributed by atoms with E-state index in [1.165, 1.54) is 25.0 Å². The molecule has 0 atom stereocenters. The maximum atomic E-state index is 5.00. The summed E-state index contributed by atoms with van der Waals surface area (Å²) in [4.78, 5) is 15.0. The normalized spacial score (nSPS) is 18.9. The lowest BCUT2D eigenvalue weighted by atomic mass is 9.94. The Morgan fingerprint density at radius 1 is 1.06 bits per heavy atom. The van der Waals surface area contributed by atoms with Gasteiger partial charge in [-0.3, -0.25) is 4.90 Å². The molecule has 176 valence electrons. The van der Waals surface area contributed by atoms with Gasteiger partial charge >= 0.3 is 0 Å². The smallest absolute Gasteiger partial charge is 0.190 e. The van der Waals surface area contributed by atoms with Crippen molar-refractivity contribution in [2.24, 2.45) is 7.05 Å². The zero-order valence-electron chi connectivity index (χ0n) is 20.7. The van der Waals surface area contributed by atoms with Gasteiger partial charge in [0.15, 0.2) is 5.16 Å². The third-order valence-corrected chi connectivity index (χ3v) is 7.90. The van der Waals surface area contributed by atoms with Gasteiger partial charge < -0.3 is 9.47 Å². The zero-order chi connectivity index (χ0) is 22.9. The predicted molar refractivity (Wildman–Crippen MR) is 132 cm³/mol. The van der Waals surface area contributed by atoms with Crippen molar-refractivity contribution in [3.63, 3.8) is 0 Å². The second-order valence-corrected chi connectivity index (χ2v) is 11.6. The molecule has 1 aliphatic heterocycles. The molecule has 0 spiro atoms. The number of aryl methyl sites for hydroxylation is 1. The van der Waals surface area contributed by atoms with Crippen LogP contribution in [0.15, 0.2) is 11.2 Å². The lowest BCUT2D eigenvalue weighted by Crippen LogP contribution is -2.47. The molecule has 0 radical (unpaired) electrons. The molecule has 7 nitrogen and oxygen atoms in total. The van der Waals surface area contributed by atoms with Crippen LogP contribution in [0.25, 0.3) is 0 Å². The van der Waals surface area contributed by atoms with Crippen LogP contribution in [0.4, 0.5) is 5.82 Å². The number of hydrogen-bond acceptors (Lipinski definition) is 7. The summed E-state index contributed by atoms with van der Waals surface area (Å²) in [6.07, 6.45) is 4.58. The van der Waals surface area contributed by atoms with Crippen LogP contribution < -0.4 is 4.90 Å². The van der Waals surface area contributed by atoms with Gasteiger partial charge in [-0.25, -0.2) is 9.97 Å². The first kappa shape index (κ1) is 23.5. The topological polar surface area (TPSA) is 63.0 Å². The fourth-order valence-electron chi connectivity index (χ4n) is 4.12. The Hall–Kier alpha value is -1.67. The summed E-state index contributed by atoms with van der Waals surface area (Å²) in [5, 5.41) is 9.60. The molecule has 1 saturated heterocycles. The maximum Gasteiger partial charge on any atom is 0.190 e. The van der Waals surface area contributed by atoms with Gasteiger partial charge in [-0.2, -0.15) is 0 Å². The highest BCUT2D eigenvalue weighted by Crippen LogP contribution is 2.47. The molecular weight excluding hydrogens is 418 g/mol. The molecule has 0 aromatic carbocycles. The molecular formula is C24H39N7S. The number of aromatic nitrogens is 5. The number of anilines is 1. The van der Waals surface area contributed by atoms with Gasteiger partial charge in [0, 0.05) is 62.3 Å². The van der Waals surface area contributed by atoms with Gasteiger partial charge in [-0.1, -0.05) is 46.4 Å². The molecule has 2 aromatic heterocycles. The van der Waals surface area contributed by atoms with E-state index in [0.29, 0.717) is 0 Å². The second-order valence-electron chi connectivity index (χ2n) is 10.6. The lowest BCUT2D eigenvalue weighted by Gasteiger charge is -2.36. The summed E-state index contributed by atoms with van der Waals surface area (Å²) in [6, 6.07) is 2.26. The number of piperazine rings is 1. The molecule has 4 rings (SSSR count). The molecule has 0 amide bonds. The predicted octanol–water partition coefficient (Wildman–Crippen LogP) is 3.82. The molecule has 32 heavy (non-hydrogen) atoms. The van der Waals surface area contributed by atoms with Crippen LogP contribution in [0.2, 0.25) is 0 Å². The van der Waals surface area contributed by atoms with E-state index in [4.69, 9.17) is 9.97 Å². The Morgan fingerprint density at radius 2 is 1.78 bits per heavy atom. The Labute approximate surface area is 197 Å². The third-order valence-electron chi connectivity index (χ3n) is 6.79. The monoisotopic (exact) mass is 457 g/mol. The third kappa shape index (κ3) is 5.28. The van der Waals surface area contributed by atoms with E-state index in [1.807, 2.05) is 11.8 Å². The van der Waals surface area contributed by atoms with Crippen LogP contribution in [0.1, 0.15) is 71.2 Å². The zero-order valence-corrected chi connectivity index (χ0v) is 21.5. The van der Waals surface area contributed by atoms with Crippen molar-refractivity contribution < 1.29 is 0 Å². The summed E-state index contributed by atoms with van der Waals surface area (Å²) in [5.41, 5.74) is 1.47. The molecule has 1 saturated carbocycles. The van der Waals surface area contributed by atoms with Crippen LogP contribution in [0, 0.1) is 0 Å². The van der Waals surface area contributed by atoms with Gasteiger partial charge in [-0.05, 0) is 25.8 Å². The van der Waals surface area contributed by atoms with Crippen molar-refractivity contribution in [2.45, 2.75) is 76.3 Å². The van der Waals surface area contributed by atoms with E-state index in [0.717, 1.165) is 67.5 Å². The van der Waals surface area contributed by atoms with E-state index in [9.17, 15) is 0 Å². The molecule has 0 unspecified atom stereocenters. The van der Waals surface area contributed by atoms with Gasteiger partial charge in [0.25, 0.3) is 0 Å². The number of nitrogens with zero attached hydrogens (tertiary/aromatic N) is 7. The van der Waals surface area contributed by atoms with Crippen molar-refractivity contribution >= 4 is 17.6 Å². The van der Waals surface area contributed by atoms with Crippen LogP contribution in [-0.4, -0.2) is 68.1 Å². The Morgan fingerprint density at radius 3 is 2.38 bits per heavy atom. The lowest BCUT2D eigenvalue weighted by molar-refractivity contribution is 0.258. The fraction of sp³-hybridized carbons (Fsp3) is 0.750. The molecule has 2 aliphatic rings. The van der Waals surface area contributed by atoms with Gasteiger partial charge in [0.2, 0.25) is 0 Å². The first-order valence-corrected chi connectivity index (χ1v) is 13.1. The van der Waals surface area contributed by atoms with E-state index < -0.39 is 0 Å². The van der Waals surface area contributed by atoms with E-state index in [1.54, 1.807) is 0 Å². The Bertz CT molecular complexity index is 897. The van der Waals surface area contributed by atoms with Gasteiger partial charge in [0.1, 0.15) is 17.5 Å². The van der Waals surface area contributed by atoms with E-state index in [2.05, 4.69) is 72.3 Å². The molecule has 0 bridgehead atoms. The SMILES string of the molecule is CCc1nnc(SCCCN2CCN(c3cc(C4(C)CC4)nc(C(C)(C)C)n3)CC2)n1C. The van der Waals surface area contributed by atoms with E-state index in [-0.39, 0.29) is 10.8 Å². The fourth-order valence-corrected chi connectivity index (χ4v) is 4.97. The maximum absolute atomic E-state index is 5.00. The van der Waals surface area contributed by atoms with Crippen LogP contribution >= 0.6 is 11.8 Å². The minimum atomic E-state index is -0.0316. The molecule has 2 aromatic rings. The number of rotatable bonds is 8. The minimum absolute atomic E-state index is 0.0316. The Balaban J connectivity index is 1.29. The number of thioether (sulfide) groups is 1. The highest BCUT2D eigenvalue weighted by molar-refractivity contribution is 7.99. The molecule has 0 N–H and O–H groups in total. The molecule has 8 heteroatoms. The second kappa shape index (κ2) is 9.29. The van der Waals surface area contributed by atoms with Crippen LogP contribution in [0.3, 0.4) is 0 Å².